The number of rotatable bonds is 3. The molecule has 144 valence electrons. The highest BCUT2D eigenvalue weighted by Crippen LogP contribution is 2.38. The van der Waals surface area contributed by atoms with E-state index in [2.05, 4.69) is 5.10 Å². The molecule has 0 spiro atoms. The number of aromatic hydroxyl groups is 1. The van der Waals surface area contributed by atoms with Crippen LogP contribution in [0.3, 0.4) is 0 Å². The molecule has 0 unspecified atom stereocenters. The van der Waals surface area contributed by atoms with Gasteiger partial charge in [-0.1, -0.05) is 23.7 Å². The van der Waals surface area contributed by atoms with E-state index in [1.54, 1.807) is 34.0 Å². The first kappa shape index (κ1) is 18.4. The van der Waals surface area contributed by atoms with E-state index in [1.165, 1.54) is 0 Å². The summed E-state index contributed by atoms with van der Waals surface area (Å²) in [6, 6.07) is 12.7. The first-order valence-corrected chi connectivity index (χ1v) is 9.50. The Bertz CT molecular complexity index is 1030. The lowest BCUT2D eigenvalue weighted by atomic mass is 10.0. The third-order valence-corrected chi connectivity index (χ3v) is 4.98. The molecule has 1 N–H and O–H groups in total. The second kappa shape index (κ2) is 7.56. The number of aromatic nitrogens is 2. The molecule has 1 amide bonds. The highest BCUT2D eigenvalue weighted by atomic mass is 35.5. The lowest BCUT2D eigenvalue weighted by Crippen LogP contribution is -2.32. The van der Waals surface area contributed by atoms with Crippen LogP contribution in [0.15, 0.2) is 48.7 Å². The van der Waals surface area contributed by atoms with Gasteiger partial charge in [0.05, 0.1) is 6.54 Å². The maximum absolute atomic E-state index is 12.9. The average Bonchev–Trinajstić information content (AvgIpc) is 3.07. The molecule has 1 aliphatic rings. The van der Waals surface area contributed by atoms with Crippen molar-refractivity contribution < 1.29 is 14.6 Å². The SMILES string of the molecule is CCn1ccc(C(=O)N2CCOc3c(O)cc(-c4cccc(Cl)c4)cc3C2)n1. The van der Waals surface area contributed by atoms with Crippen LogP contribution in [0.5, 0.6) is 11.5 Å². The predicted molar refractivity (Wildman–Crippen MR) is 107 cm³/mol. The fourth-order valence-electron chi connectivity index (χ4n) is 3.32. The number of aryl methyl sites for hydroxylation is 1. The van der Waals surface area contributed by atoms with E-state index >= 15 is 0 Å². The Morgan fingerprint density at radius 3 is 2.86 bits per heavy atom. The van der Waals surface area contributed by atoms with Crippen molar-refractivity contribution in [3.63, 3.8) is 0 Å². The maximum atomic E-state index is 12.9. The van der Waals surface area contributed by atoms with Crippen molar-refractivity contribution in [3.05, 3.63) is 64.9 Å². The van der Waals surface area contributed by atoms with Gasteiger partial charge in [0.2, 0.25) is 0 Å². The lowest BCUT2D eigenvalue weighted by molar-refractivity contribution is 0.0726. The summed E-state index contributed by atoms with van der Waals surface area (Å²) in [6.45, 7) is 3.72. The third kappa shape index (κ3) is 3.55. The van der Waals surface area contributed by atoms with Gasteiger partial charge >= 0.3 is 0 Å². The molecule has 0 bridgehead atoms. The fourth-order valence-corrected chi connectivity index (χ4v) is 3.51. The number of halogens is 1. The zero-order valence-electron chi connectivity index (χ0n) is 15.4. The lowest BCUT2D eigenvalue weighted by Gasteiger charge is -2.19. The van der Waals surface area contributed by atoms with Crippen molar-refractivity contribution in [1.82, 2.24) is 14.7 Å². The maximum Gasteiger partial charge on any atom is 0.274 e. The van der Waals surface area contributed by atoms with Crippen LogP contribution in [-0.4, -0.2) is 38.8 Å². The van der Waals surface area contributed by atoms with E-state index in [0.717, 1.165) is 16.7 Å². The number of nitrogens with zero attached hydrogens (tertiary/aromatic N) is 3. The van der Waals surface area contributed by atoms with Gasteiger partial charge in [-0.15, -0.1) is 0 Å². The molecule has 6 nitrogen and oxygen atoms in total. The summed E-state index contributed by atoms with van der Waals surface area (Å²) in [4.78, 5) is 14.6. The van der Waals surface area contributed by atoms with Crippen LogP contribution >= 0.6 is 11.6 Å². The molecule has 0 atom stereocenters. The number of benzene rings is 2. The number of carbonyl (C=O) groups excluding carboxylic acids is 1. The predicted octanol–water partition coefficient (Wildman–Crippen LogP) is 3.96. The number of fused-ring (bicyclic) bond motifs is 1. The van der Waals surface area contributed by atoms with Crippen LogP contribution in [0.4, 0.5) is 0 Å². The molecule has 0 saturated heterocycles. The molecule has 2 heterocycles. The van der Waals surface area contributed by atoms with Crippen LogP contribution in [0.1, 0.15) is 23.0 Å². The van der Waals surface area contributed by atoms with Gasteiger partial charge in [0, 0.05) is 29.9 Å². The summed E-state index contributed by atoms with van der Waals surface area (Å²) in [7, 11) is 0. The van der Waals surface area contributed by atoms with Gasteiger partial charge in [-0.25, -0.2) is 0 Å². The van der Waals surface area contributed by atoms with Gasteiger partial charge in [0.1, 0.15) is 12.3 Å². The van der Waals surface area contributed by atoms with E-state index in [9.17, 15) is 9.90 Å². The molecule has 0 aliphatic carbocycles. The zero-order chi connectivity index (χ0) is 19.7. The van der Waals surface area contributed by atoms with Crippen molar-refractivity contribution in [2.75, 3.05) is 13.2 Å². The number of ether oxygens (including phenoxy) is 1. The Morgan fingerprint density at radius 2 is 2.11 bits per heavy atom. The molecule has 0 radical (unpaired) electrons. The molecule has 1 aromatic heterocycles. The normalized spacial score (nSPS) is 13.6. The number of phenols is 1. The number of carbonyl (C=O) groups is 1. The standard InChI is InChI=1S/C21H20ClN3O3/c1-2-25-7-6-18(23-25)21(27)24-8-9-28-20-16(13-24)10-15(12-19(20)26)14-4-3-5-17(22)11-14/h3-7,10-12,26H,2,8-9,13H2,1H3. The molecule has 1 aliphatic heterocycles. The highest BCUT2D eigenvalue weighted by Gasteiger charge is 2.25. The quantitative estimate of drug-likeness (QED) is 0.726. The summed E-state index contributed by atoms with van der Waals surface area (Å²) in [5.74, 6) is 0.313. The van der Waals surface area contributed by atoms with Crippen LogP contribution in [-0.2, 0) is 13.1 Å². The summed E-state index contributed by atoms with van der Waals surface area (Å²) in [5.41, 5.74) is 2.84. The van der Waals surface area contributed by atoms with E-state index in [4.69, 9.17) is 16.3 Å². The van der Waals surface area contributed by atoms with E-state index in [1.807, 2.05) is 31.2 Å². The molecule has 4 rings (SSSR count). The largest absolute Gasteiger partial charge is 0.504 e. The zero-order valence-corrected chi connectivity index (χ0v) is 16.2. The molecule has 0 fully saturated rings. The fraction of sp³-hybridized carbons (Fsp3) is 0.238. The van der Waals surface area contributed by atoms with E-state index < -0.39 is 0 Å². The Balaban J connectivity index is 1.67. The van der Waals surface area contributed by atoms with Gasteiger partial charge in [-0.05, 0) is 48.4 Å². The van der Waals surface area contributed by atoms with Gasteiger partial charge < -0.3 is 14.7 Å². The second-order valence-electron chi connectivity index (χ2n) is 6.63. The van der Waals surface area contributed by atoms with E-state index in [0.29, 0.717) is 42.7 Å². The number of amides is 1. The molecule has 7 heteroatoms. The van der Waals surface area contributed by atoms with Crippen molar-refractivity contribution in [3.8, 4) is 22.6 Å². The smallest absolute Gasteiger partial charge is 0.274 e. The molecule has 3 aromatic rings. The van der Waals surface area contributed by atoms with Gasteiger partial charge in [-0.3, -0.25) is 9.48 Å². The summed E-state index contributed by atoms with van der Waals surface area (Å²) in [6.07, 6.45) is 1.79. The Kier molecular flexibility index (Phi) is 4.96. The number of hydrogen-bond donors (Lipinski definition) is 1. The van der Waals surface area contributed by atoms with Crippen molar-refractivity contribution in [1.29, 1.82) is 0 Å². The van der Waals surface area contributed by atoms with Gasteiger partial charge in [0.15, 0.2) is 11.5 Å². The first-order chi connectivity index (χ1) is 13.5. The van der Waals surface area contributed by atoms with Gasteiger partial charge in [-0.2, -0.15) is 5.10 Å². The van der Waals surface area contributed by atoms with Crippen molar-refractivity contribution in [2.45, 2.75) is 20.0 Å². The minimum absolute atomic E-state index is 0.0528. The summed E-state index contributed by atoms with van der Waals surface area (Å²) in [5, 5.41) is 15.4. The second-order valence-corrected chi connectivity index (χ2v) is 7.06. The van der Waals surface area contributed by atoms with Crippen LogP contribution < -0.4 is 4.74 Å². The summed E-state index contributed by atoms with van der Waals surface area (Å²) < 4.78 is 7.46. The molecular weight excluding hydrogens is 378 g/mol. The van der Waals surface area contributed by atoms with Crippen LogP contribution in [0.25, 0.3) is 11.1 Å². The Labute approximate surface area is 167 Å². The Morgan fingerprint density at radius 1 is 1.25 bits per heavy atom. The third-order valence-electron chi connectivity index (χ3n) is 4.74. The average molecular weight is 398 g/mol. The minimum atomic E-state index is -0.156. The Hall–Kier alpha value is -2.99. The van der Waals surface area contributed by atoms with Crippen molar-refractivity contribution >= 4 is 17.5 Å². The van der Waals surface area contributed by atoms with Crippen LogP contribution in [0, 0.1) is 0 Å². The van der Waals surface area contributed by atoms with E-state index in [-0.39, 0.29) is 11.7 Å². The van der Waals surface area contributed by atoms with Crippen LogP contribution in [0.2, 0.25) is 5.02 Å². The summed E-state index contributed by atoms with van der Waals surface area (Å²) >= 11 is 6.10. The van der Waals surface area contributed by atoms with Gasteiger partial charge in [0.25, 0.3) is 5.91 Å². The molecule has 2 aromatic carbocycles. The molecule has 0 saturated carbocycles. The first-order valence-electron chi connectivity index (χ1n) is 9.12. The highest BCUT2D eigenvalue weighted by molar-refractivity contribution is 6.30. The number of phenolic OH excluding ortho intramolecular Hbond substituents is 1. The van der Waals surface area contributed by atoms with Crippen molar-refractivity contribution in [2.24, 2.45) is 0 Å². The topological polar surface area (TPSA) is 67.6 Å². The monoisotopic (exact) mass is 397 g/mol. The minimum Gasteiger partial charge on any atom is -0.504 e. The molecular formula is C21H20ClN3O3. The number of hydrogen-bond acceptors (Lipinski definition) is 4. The molecule has 28 heavy (non-hydrogen) atoms.